The van der Waals surface area contributed by atoms with Crippen LogP contribution in [0.2, 0.25) is 0 Å². The Hall–Kier alpha value is -1.53. The molecule has 17 heavy (non-hydrogen) atoms. The molecule has 92 valence electrons. The standard InChI is InChI=1S/C11H13FN2O3/c12-10-9(2-1-3-13-10)11(15)14-6-8-7-16-4-5-17-8/h1-3,8H,4-7H2,(H,14,15). The van der Waals surface area contributed by atoms with Crippen molar-refractivity contribution in [3.05, 3.63) is 29.8 Å². The molecule has 1 aliphatic rings. The fourth-order valence-corrected chi connectivity index (χ4v) is 1.51. The molecular formula is C11H13FN2O3. The van der Waals surface area contributed by atoms with E-state index in [2.05, 4.69) is 10.3 Å². The van der Waals surface area contributed by atoms with E-state index in [4.69, 9.17) is 9.47 Å². The zero-order valence-corrected chi connectivity index (χ0v) is 9.19. The van der Waals surface area contributed by atoms with Gasteiger partial charge in [-0.3, -0.25) is 4.79 Å². The normalized spacial score (nSPS) is 19.9. The molecular weight excluding hydrogens is 227 g/mol. The maximum absolute atomic E-state index is 13.2. The number of nitrogens with one attached hydrogen (secondary N) is 1. The highest BCUT2D eigenvalue weighted by atomic mass is 19.1. The highest BCUT2D eigenvalue weighted by Gasteiger charge is 2.17. The number of hydrogen-bond donors (Lipinski definition) is 1. The lowest BCUT2D eigenvalue weighted by molar-refractivity contribution is -0.0855. The minimum atomic E-state index is -0.772. The molecule has 1 saturated heterocycles. The van der Waals surface area contributed by atoms with E-state index < -0.39 is 11.9 Å². The third kappa shape index (κ3) is 3.21. The first-order chi connectivity index (χ1) is 8.27. The smallest absolute Gasteiger partial charge is 0.256 e. The van der Waals surface area contributed by atoms with Crippen molar-refractivity contribution in [3.8, 4) is 0 Å². The van der Waals surface area contributed by atoms with Gasteiger partial charge in [-0.1, -0.05) is 0 Å². The average molecular weight is 240 g/mol. The van der Waals surface area contributed by atoms with Gasteiger partial charge in [0.2, 0.25) is 5.95 Å². The number of nitrogens with zero attached hydrogens (tertiary/aromatic N) is 1. The summed E-state index contributed by atoms with van der Waals surface area (Å²) in [4.78, 5) is 15.0. The number of ether oxygens (including phenoxy) is 2. The zero-order chi connectivity index (χ0) is 12.1. The van der Waals surface area contributed by atoms with Crippen molar-refractivity contribution in [2.45, 2.75) is 6.10 Å². The number of halogens is 1. The van der Waals surface area contributed by atoms with Crippen molar-refractivity contribution in [2.75, 3.05) is 26.4 Å². The van der Waals surface area contributed by atoms with E-state index in [1.54, 1.807) is 0 Å². The van der Waals surface area contributed by atoms with Crippen molar-refractivity contribution in [1.82, 2.24) is 10.3 Å². The maximum Gasteiger partial charge on any atom is 0.256 e. The Balaban J connectivity index is 1.87. The Morgan fingerprint density at radius 1 is 1.59 bits per heavy atom. The second-order valence-corrected chi connectivity index (χ2v) is 3.62. The molecule has 1 fully saturated rings. The third-order valence-corrected chi connectivity index (χ3v) is 2.38. The number of carbonyl (C=O) groups excluding carboxylic acids is 1. The summed E-state index contributed by atoms with van der Waals surface area (Å²) in [6.07, 6.45) is 1.12. The van der Waals surface area contributed by atoms with E-state index in [-0.39, 0.29) is 11.7 Å². The van der Waals surface area contributed by atoms with Gasteiger partial charge in [-0.15, -0.1) is 0 Å². The SMILES string of the molecule is O=C(NCC1COCCO1)c1cccnc1F. The van der Waals surface area contributed by atoms with Crippen molar-refractivity contribution in [2.24, 2.45) is 0 Å². The van der Waals surface area contributed by atoms with Crippen LogP contribution in [0.25, 0.3) is 0 Å². The molecule has 1 aromatic heterocycles. The van der Waals surface area contributed by atoms with Crippen LogP contribution in [0.3, 0.4) is 0 Å². The Morgan fingerprint density at radius 2 is 2.47 bits per heavy atom. The lowest BCUT2D eigenvalue weighted by Gasteiger charge is -2.23. The van der Waals surface area contributed by atoms with Crippen LogP contribution >= 0.6 is 0 Å². The zero-order valence-electron chi connectivity index (χ0n) is 9.19. The first kappa shape index (κ1) is 11.9. The minimum Gasteiger partial charge on any atom is -0.376 e. The van der Waals surface area contributed by atoms with Gasteiger partial charge >= 0.3 is 0 Å². The molecule has 0 saturated carbocycles. The van der Waals surface area contributed by atoms with E-state index in [1.807, 2.05) is 0 Å². The molecule has 0 bridgehead atoms. The second-order valence-electron chi connectivity index (χ2n) is 3.62. The second kappa shape index (κ2) is 5.70. The molecule has 0 radical (unpaired) electrons. The van der Waals surface area contributed by atoms with Gasteiger partial charge in [-0.2, -0.15) is 4.39 Å². The Bertz CT molecular complexity index is 394. The van der Waals surface area contributed by atoms with Crippen molar-refractivity contribution in [3.63, 3.8) is 0 Å². The highest BCUT2D eigenvalue weighted by molar-refractivity contribution is 5.94. The van der Waals surface area contributed by atoms with E-state index in [0.29, 0.717) is 26.4 Å². The Labute approximate surface area is 97.9 Å². The molecule has 6 heteroatoms. The van der Waals surface area contributed by atoms with E-state index in [0.717, 1.165) is 0 Å². The van der Waals surface area contributed by atoms with Crippen LogP contribution in [-0.4, -0.2) is 43.4 Å². The van der Waals surface area contributed by atoms with Gasteiger partial charge in [-0.25, -0.2) is 4.98 Å². The molecule has 2 rings (SSSR count). The van der Waals surface area contributed by atoms with Crippen LogP contribution in [0.15, 0.2) is 18.3 Å². The van der Waals surface area contributed by atoms with Crippen LogP contribution in [0.1, 0.15) is 10.4 Å². The number of rotatable bonds is 3. The minimum absolute atomic E-state index is 0.0655. The van der Waals surface area contributed by atoms with Gasteiger partial charge < -0.3 is 14.8 Å². The summed E-state index contributed by atoms with van der Waals surface area (Å²) in [6.45, 7) is 1.83. The highest BCUT2D eigenvalue weighted by Crippen LogP contribution is 2.04. The Kier molecular flexibility index (Phi) is 4.00. The third-order valence-electron chi connectivity index (χ3n) is 2.38. The van der Waals surface area contributed by atoms with Crippen molar-refractivity contribution >= 4 is 5.91 Å². The van der Waals surface area contributed by atoms with Crippen LogP contribution < -0.4 is 5.32 Å². The summed E-state index contributed by atoms with van der Waals surface area (Å²) in [7, 11) is 0. The number of aromatic nitrogens is 1. The molecule has 1 amide bonds. The summed E-state index contributed by atoms with van der Waals surface area (Å²) in [5, 5.41) is 2.59. The van der Waals surface area contributed by atoms with Crippen LogP contribution in [0, 0.1) is 5.95 Å². The van der Waals surface area contributed by atoms with E-state index >= 15 is 0 Å². The molecule has 1 atom stereocenters. The van der Waals surface area contributed by atoms with E-state index in [9.17, 15) is 9.18 Å². The topological polar surface area (TPSA) is 60.5 Å². The summed E-state index contributed by atoms with van der Waals surface area (Å²) in [6, 6.07) is 2.90. The Morgan fingerprint density at radius 3 is 3.18 bits per heavy atom. The first-order valence-corrected chi connectivity index (χ1v) is 5.35. The summed E-state index contributed by atoms with van der Waals surface area (Å²) in [5.74, 6) is -1.27. The largest absolute Gasteiger partial charge is 0.376 e. The molecule has 5 nitrogen and oxygen atoms in total. The number of amides is 1. The summed E-state index contributed by atoms with van der Waals surface area (Å²) >= 11 is 0. The van der Waals surface area contributed by atoms with Gasteiger partial charge in [-0.05, 0) is 12.1 Å². The maximum atomic E-state index is 13.2. The van der Waals surface area contributed by atoms with Gasteiger partial charge in [0.05, 0.1) is 31.5 Å². The van der Waals surface area contributed by atoms with E-state index in [1.165, 1.54) is 18.3 Å². The van der Waals surface area contributed by atoms with Crippen molar-refractivity contribution < 1.29 is 18.7 Å². The lowest BCUT2D eigenvalue weighted by atomic mass is 10.2. The van der Waals surface area contributed by atoms with Crippen LogP contribution in [-0.2, 0) is 9.47 Å². The molecule has 0 spiro atoms. The fraction of sp³-hybridized carbons (Fsp3) is 0.455. The molecule has 1 aromatic rings. The predicted octanol–water partition coefficient (Wildman–Crippen LogP) is 0.366. The fourth-order valence-electron chi connectivity index (χ4n) is 1.51. The average Bonchev–Trinajstić information content (AvgIpc) is 2.38. The summed E-state index contributed by atoms with van der Waals surface area (Å²) < 4.78 is 23.7. The number of carbonyl (C=O) groups is 1. The number of hydrogen-bond acceptors (Lipinski definition) is 4. The van der Waals surface area contributed by atoms with Crippen molar-refractivity contribution in [1.29, 1.82) is 0 Å². The molecule has 1 aliphatic heterocycles. The van der Waals surface area contributed by atoms with Gasteiger partial charge in [0.15, 0.2) is 0 Å². The molecule has 2 heterocycles. The molecule has 1 N–H and O–H groups in total. The monoisotopic (exact) mass is 240 g/mol. The van der Waals surface area contributed by atoms with Gasteiger partial charge in [0, 0.05) is 12.7 Å². The molecule has 0 aliphatic carbocycles. The summed E-state index contributed by atoms with van der Waals surface area (Å²) in [5.41, 5.74) is -0.0655. The molecule has 1 unspecified atom stereocenters. The van der Waals surface area contributed by atoms with Gasteiger partial charge in [0.1, 0.15) is 0 Å². The molecule has 0 aromatic carbocycles. The van der Waals surface area contributed by atoms with Crippen LogP contribution in [0.4, 0.5) is 4.39 Å². The van der Waals surface area contributed by atoms with Gasteiger partial charge in [0.25, 0.3) is 5.91 Å². The lowest BCUT2D eigenvalue weighted by Crippen LogP contribution is -2.39. The predicted molar refractivity (Wildman–Crippen MR) is 57.1 cm³/mol. The quantitative estimate of drug-likeness (QED) is 0.775. The van der Waals surface area contributed by atoms with Crippen LogP contribution in [0.5, 0.6) is 0 Å². The number of pyridine rings is 1. The first-order valence-electron chi connectivity index (χ1n) is 5.35.